The second-order valence-electron chi connectivity index (χ2n) is 6.60. The van der Waals surface area contributed by atoms with Gasteiger partial charge >= 0.3 is 6.18 Å². The van der Waals surface area contributed by atoms with E-state index < -0.39 is 24.0 Å². The molecular weight excluding hydrogens is 359 g/mol. The van der Waals surface area contributed by atoms with E-state index in [1.165, 1.54) is 6.20 Å². The molecule has 0 radical (unpaired) electrons. The van der Waals surface area contributed by atoms with Gasteiger partial charge in [-0.15, -0.1) is 17.5 Å². The van der Waals surface area contributed by atoms with E-state index in [2.05, 4.69) is 20.9 Å². The number of nitrogens with one attached hydrogen (secondary N) is 2. The maximum Gasteiger partial charge on any atom is 0.408 e. The van der Waals surface area contributed by atoms with Crippen LogP contribution in [0.1, 0.15) is 55.1 Å². The van der Waals surface area contributed by atoms with Crippen LogP contribution in [-0.2, 0) is 0 Å². The smallest absolute Gasteiger partial charge is 0.339 e. The summed E-state index contributed by atoms with van der Waals surface area (Å²) in [6.45, 7) is 1.70. The van der Waals surface area contributed by atoms with Gasteiger partial charge in [0.1, 0.15) is 6.04 Å². The minimum atomic E-state index is -4.45. The van der Waals surface area contributed by atoms with Crippen molar-refractivity contribution >= 4 is 18.3 Å². The van der Waals surface area contributed by atoms with Crippen LogP contribution in [0, 0.1) is 5.92 Å². The Labute approximate surface area is 150 Å². The third kappa shape index (κ3) is 4.84. The maximum absolute atomic E-state index is 13.3. The summed E-state index contributed by atoms with van der Waals surface area (Å²) in [5.41, 5.74) is -0.0548. The zero-order valence-electron chi connectivity index (χ0n) is 13.8. The predicted octanol–water partition coefficient (Wildman–Crippen LogP) is 2.48. The van der Waals surface area contributed by atoms with Gasteiger partial charge in [0.2, 0.25) is 0 Å². The number of hydrogen-bond donors (Lipinski definition) is 2. The molecule has 1 aromatic rings. The number of rotatable bonds is 4. The van der Waals surface area contributed by atoms with E-state index in [0.717, 1.165) is 38.8 Å². The highest BCUT2D eigenvalue weighted by atomic mass is 35.5. The first kappa shape index (κ1) is 20.0. The molecule has 2 aliphatic rings. The van der Waals surface area contributed by atoms with Crippen molar-refractivity contribution in [3.63, 3.8) is 0 Å². The molecule has 1 aromatic heterocycles. The first-order valence-electron chi connectivity index (χ1n) is 8.45. The molecule has 1 aliphatic carbocycles. The number of carbonyl (C=O) groups excluding carboxylic acids is 1. The molecule has 2 heterocycles. The summed E-state index contributed by atoms with van der Waals surface area (Å²) in [4.78, 5) is 12.2. The third-order valence-electron chi connectivity index (χ3n) is 4.94. The topological polar surface area (TPSA) is 71.8 Å². The van der Waals surface area contributed by atoms with E-state index in [1.54, 1.807) is 4.68 Å². The number of halogens is 4. The Kier molecular flexibility index (Phi) is 6.67. The van der Waals surface area contributed by atoms with Crippen molar-refractivity contribution in [3.8, 4) is 0 Å². The van der Waals surface area contributed by atoms with E-state index in [1.807, 2.05) is 0 Å². The van der Waals surface area contributed by atoms with Crippen molar-refractivity contribution in [2.24, 2.45) is 5.92 Å². The summed E-state index contributed by atoms with van der Waals surface area (Å²) in [5, 5.41) is 13.1. The lowest BCUT2D eigenvalue weighted by atomic mass is 9.97. The monoisotopic (exact) mass is 381 g/mol. The van der Waals surface area contributed by atoms with E-state index in [9.17, 15) is 18.0 Å². The van der Waals surface area contributed by atoms with E-state index in [0.29, 0.717) is 12.8 Å². The highest BCUT2D eigenvalue weighted by Gasteiger charge is 2.46. The molecule has 1 saturated carbocycles. The fourth-order valence-corrected chi connectivity index (χ4v) is 3.60. The van der Waals surface area contributed by atoms with Crippen LogP contribution in [0.5, 0.6) is 0 Å². The van der Waals surface area contributed by atoms with Crippen LogP contribution in [0.3, 0.4) is 0 Å². The molecule has 2 fully saturated rings. The molecule has 1 aliphatic heterocycles. The lowest BCUT2D eigenvalue weighted by Gasteiger charge is -2.26. The minimum absolute atomic E-state index is 0. The average Bonchev–Trinajstić information content (AvgIpc) is 3.23. The molecule has 0 aromatic carbocycles. The highest BCUT2D eigenvalue weighted by molar-refractivity contribution is 5.92. The number of nitrogens with zero attached hydrogens (tertiary/aromatic N) is 3. The summed E-state index contributed by atoms with van der Waals surface area (Å²) in [6.07, 6.45) is 1.26. The van der Waals surface area contributed by atoms with Crippen LogP contribution in [-0.4, -0.2) is 46.2 Å². The van der Waals surface area contributed by atoms with Crippen LogP contribution < -0.4 is 10.6 Å². The summed E-state index contributed by atoms with van der Waals surface area (Å²) < 4.78 is 41.4. The second-order valence-corrected chi connectivity index (χ2v) is 6.60. The Bertz CT molecular complexity index is 568. The van der Waals surface area contributed by atoms with Gasteiger partial charge in [-0.3, -0.25) is 4.79 Å². The summed E-state index contributed by atoms with van der Waals surface area (Å²) in [6, 6.07) is -1.68. The molecule has 25 heavy (non-hydrogen) atoms. The lowest BCUT2D eigenvalue weighted by molar-refractivity contribution is -0.164. The minimum Gasteiger partial charge on any atom is -0.339 e. The summed E-state index contributed by atoms with van der Waals surface area (Å²) in [7, 11) is 0. The molecule has 1 unspecified atom stereocenters. The second kappa shape index (κ2) is 8.35. The maximum atomic E-state index is 13.3. The molecule has 1 saturated heterocycles. The number of alkyl halides is 3. The van der Waals surface area contributed by atoms with Gasteiger partial charge in [-0.1, -0.05) is 18.1 Å². The zero-order valence-corrected chi connectivity index (χ0v) is 14.6. The molecule has 3 rings (SSSR count). The number of aromatic nitrogens is 3. The highest BCUT2D eigenvalue weighted by Crippen LogP contribution is 2.35. The largest absolute Gasteiger partial charge is 0.408 e. The predicted molar refractivity (Wildman–Crippen MR) is 87.7 cm³/mol. The van der Waals surface area contributed by atoms with Crippen molar-refractivity contribution in [1.29, 1.82) is 0 Å². The molecule has 1 amide bonds. The normalized spacial score (nSPS) is 20.9. The van der Waals surface area contributed by atoms with Gasteiger partial charge in [0.25, 0.3) is 5.91 Å². The van der Waals surface area contributed by atoms with Gasteiger partial charge in [0.15, 0.2) is 5.69 Å². The van der Waals surface area contributed by atoms with Crippen LogP contribution in [0.25, 0.3) is 0 Å². The number of amides is 1. The van der Waals surface area contributed by atoms with E-state index in [4.69, 9.17) is 0 Å². The first-order chi connectivity index (χ1) is 11.4. The van der Waals surface area contributed by atoms with Gasteiger partial charge in [-0.05, 0) is 44.7 Å². The van der Waals surface area contributed by atoms with Crippen LogP contribution in [0.2, 0.25) is 0 Å². The molecule has 0 bridgehead atoms. The molecule has 10 heteroatoms. The Balaban J connectivity index is 0.00000225. The summed E-state index contributed by atoms with van der Waals surface area (Å²) >= 11 is 0. The third-order valence-corrected chi connectivity index (χ3v) is 4.94. The van der Waals surface area contributed by atoms with Gasteiger partial charge in [0.05, 0.1) is 12.2 Å². The fraction of sp³-hybridized carbons (Fsp3) is 0.800. The fourth-order valence-electron chi connectivity index (χ4n) is 3.60. The quantitative estimate of drug-likeness (QED) is 0.840. The van der Waals surface area contributed by atoms with Crippen LogP contribution in [0.4, 0.5) is 13.2 Å². The lowest BCUT2D eigenvalue weighted by Crippen LogP contribution is -2.49. The van der Waals surface area contributed by atoms with Crippen molar-refractivity contribution < 1.29 is 18.0 Å². The Morgan fingerprint density at radius 3 is 2.48 bits per heavy atom. The van der Waals surface area contributed by atoms with Crippen molar-refractivity contribution in [2.45, 2.75) is 56.8 Å². The van der Waals surface area contributed by atoms with Gasteiger partial charge in [-0.2, -0.15) is 13.2 Å². The van der Waals surface area contributed by atoms with E-state index >= 15 is 0 Å². The molecular formula is C15H23ClF3N5O. The van der Waals surface area contributed by atoms with Crippen molar-refractivity contribution in [3.05, 3.63) is 11.9 Å². The van der Waals surface area contributed by atoms with E-state index in [-0.39, 0.29) is 24.1 Å². The molecule has 142 valence electrons. The van der Waals surface area contributed by atoms with Crippen LogP contribution >= 0.6 is 12.4 Å². The standard InChI is InChI=1S/C15H22F3N5O.ClH/c16-15(17,18)13(10-3-1-2-4-10)20-14(24)12-9-23(22-21-12)11-5-7-19-8-6-11;/h9-11,13,19H,1-8H2,(H,20,24);1H. The van der Waals surface area contributed by atoms with Gasteiger partial charge < -0.3 is 10.6 Å². The molecule has 2 N–H and O–H groups in total. The molecule has 6 nitrogen and oxygen atoms in total. The van der Waals surface area contributed by atoms with Crippen molar-refractivity contribution in [2.75, 3.05) is 13.1 Å². The zero-order chi connectivity index (χ0) is 17.2. The van der Waals surface area contributed by atoms with Crippen LogP contribution in [0.15, 0.2) is 6.20 Å². The number of hydrogen-bond acceptors (Lipinski definition) is 4. The van der Waals surface area contributed by atoms with Gasteiger partial charge in [0, 0.05) is 0 Å². The Morgan fingerprint density at radius 1 is 1.24 bits per heavy atom. The molecule has 1 atom stereocenters. The number of piperidine rings is 1. The first-order valence-corrected chi connectivity index (χ1v) is 8.45. The van der Waals surface area contributed by atoms with Crippen molar-refractivity contribution in [1.82, 2.24) is 25.6 Å². The average molecular weight is 382 g/mol. The SMILES string of the molecule is Cl.O=C(NC(C1CCCC1)C(F)(F)F)c1cn(C2CCNCC2)nn1. The molecule has 0 spiro atoms. The Hall–Kier alpha value is -1.35. The van der Waals surface area contributed by atoms with Gasteiger partial charge in [-0.25, -0.2) is 4.68 Å². The number of carbonyl (C=O) groups is 1. The Morgan fingerprint density at radius 2 is 1.88 bits per heavy atom. The summed E-state index contributed by atoms with van der Waals surface area (Å²) in [5.74, 6) is -1.35.